The Labute approximate surface area is 150 Å². The first-order chi connectivity index (χ1) is 12.2. The fourth-order valence-corrected chi connectivity index (χ4v) is 3.86. The number of benzene rings is 1. The van der Waals surface area contributed by atoms with E-state index in [0.717, 1.165) is 31.6 Å². The van der Waals surface area contributed by atoms with E-state index in [4.69, 9.17) is 0 Å². The number of hydrogen-bond acceptors (Lipinski definition) is 3. The molecule has 0 bridgehead atoms. The van der Waals surface area contributed by atoms with E-state index in [1.165, 1.54) is 5.56 Å². The Hall–Kier alpha value is -2.23. The summed E-state index contributed by atoms with van der Waals surface area (Å²) in [7, 11) is 0. The molecule has 0 saturated carbocycles. The third-order valence-electron chi connectivity index (χ3n) is 5.42. The van der Waals surface area contributed by atoms with Gasteiger partial charge in [0.05, 0.1) is 12.1 Å². The molecule has 0 N–H and O–H groups in total. The third kappa shape index (κ3) is 4.44. The van der Waals surface area contributed by atoms with Crippen LogP contribution in [-0.4, -0.2) is 33.9 Å². The third-order valence-corrected chi connectivity index (χ3v) is 5.42. The Balaban J connectivity index is 1.60. The predicted octanol–water partition coefficient (Wildman–Crippen LogP) is 3.70. The second-order valence-corrected chi connectivity index (χ2v) is 7.16. The molecular weight excluding hydrogens is 310 g/mol. The highest BCUT2D eigenvalue weighted by Gasteiger charge is 2.33. The Kier molecular flexibility index (Phi) is 5.79. The molecule has 1 unspecified atom stereocenters. The molecular formula is C21H27N3O. The van der Waals surface area contributed by atoms with Gasteiger partial charge < -0.3 is 4.90 Å². The summed E-state index contributed by atoms with van der Waals surface area (Å²) in [6, 6.07) is 10.8. The zero-order chi connectivity index (χ0) is 17.6. The highest BCUT2D eigenvalue weighted by Crippen LogP contribution is 2.34. The molecule has 0 spiro atoms. The first-order valence-electron chi connectivity index (χ1n) is 9.25. The summed E-state index contributed by atoms with van der Waals surface area (Å²) in [4.78, 5) is 22.9. The van der Waals surface area contributed by atoms with E-state index in [1.807, 2.05) is 4.90 Å². The van der Waals surface area contributed by atoms with Crippen LogP contribution in [0.4, 0.5) is 0 Å². The molecule has 25 heavy (non-hydrogen) atoms. The van der Waals surface area contributed by atoms with Crippen molar-refractivity contribution >= 4 is 5.91 Å². The normalized spacial score (nSPS) is 21.3. The minimum atomic E-state index is 0.169. The van der Waals surface area contributed by atoms with Gasteiger partial charge in [0.2, 0.25) is 5.91 Å². The first kappa shape index (κ1) is 17.6. The fraction of sp³-hybridized carbons (Fsp3) is 0.476. The average molecular weight is 337 g/mol. The van der Waals surface area contributed by atoms with Crippen LogP contribution >= 0.6 is 0 Å². The lowest BCUT2D eigenvalue weighted by molar-refractivity contribution is -0.129. The molecule has 0 radical (unpaired) electrons. The number of rotatable bonds is 6. The number of carbonyl (C=O) groups is 1. The van der Waals surface area contributed by atoms with Gasteiger partial charge in [-0.3, -0.25) is 14.8 Å². The molecule has 4 nitrogen and oxygen atoms in total. The molecule has 1 fully saturated rings. The monoisotopic (exact) mass is 337 g/mol. The van der Waals surface area contributed by atoms with E-state index >= 15 is 0 Å². The van der Waals surface area contributed by atoms with Crippen LogP contribution in [0.25, 0.3) is 0 Å². The minimum Gasteiger partial charge on any atom is -0.342 e. The molecule has 1 aliphatic heterocycles. The lowest BCUT2D eigenvalue weighted by atomic mass is 9.83. The van der Waals surface area contributed by atoms with Crippen molar-refractivity contribution in [2.24, 2.45) is 11.8 Å². The summed E-state index contributed by atoms with van der Waals surface area (Å²) in [6.45, 7) is 6.25. The molecule has 4 heteroatoms. The predicted molar refractivity (Wildman–Crippen MR) is 99.1 cm³/mol. The maximum atomic E-state index is 12.6. The number of likely N-dealkylation sites (tertiary alicyclic amines) is 1. The van der Waals surface area contributed by atoms with Crippen LogP contribution in [0.3, 0.4) is 0 Å². The van der Waals surface area contributed by atoms with Gasteiger partial charge in [0.15, 0.2) is 0 Å². The Morgan fingerprint density at radius 3 is 2.72 bits per heavy atom. The van der Waals surface area contributed by atoms with Crippen molar-refractivity contribution in [1.82, 2.24) is 14.9 Å². The van der Waals surface area contributed by atoms with Gasteiger partial charge in [0.1, 0.15) is 0 Å². The SMILES string of the molecule is CCC(C[C@@H]1CN(C(=O)Cc2cnccn2)C[C@@H]1C)c1ccccc1. The van der Waals surface area contributed by atoms with Crippen molar-refractivity contribution in [2.45, 2.75) is 39.0 Å². The van der Waals surface area contributed by atoms with Crippen LogP contribution in [0, 0.1) is 11.8 Å². The molecule has 0 aliphatic carbocycles. The van der Waals surface area contributed by atoms with E-state index in [0.29, 0.717) is 24.2 Å². The van der Waals surface area contributed by atoms with Crippen molar-refractivity contribution in [3.05, 3.63) is 60.2 Å². The van der Waals surface area contributed by atoms with Gasteiger partial charge in [0, 0.05) is 31.7 Å². The summed E-state index contributed by atoms with van der Waals surface area (Å²) in [5.41, 5.74) is 2.17. The van der Waals surface area contributed by atoms with Gasteiger partial charge >= 0.3 is 0 Å². The topological polar surface area (TPSA) is 46.1 Å². The van der Waals surface area contributed by atoms with Crippen molar-refractivity contribution in [1.29, 1.82) is 0 Å². The van der Waals surface area contributed by atoms with Gasteiger partial charge in [-0.15, -0.1) is 0 Å². The number of nitrogens with zero attached hydrogens (tertiary/aromatic N) is 3. The van der Waals surface area contributed by atoms with Crippen LogP contribution in [0.15, 0.2) is 48.9 Å². The molecule has 3 rings (SSSR count). The van der Waals surface area contributed by atoms with E-state index < -0.39 is 0 Å². The quantitative estimate of drug-likeness (QED) is 0.807. The molecule has 2 heterocycles. The summed E-state index contributed by atoms with van der Waals surface area (Å²) < 4.78 is 0. The van der Waals surface area contributed by atoms with Gasteiger partial charge in [-0.1, -0.05) is 44.2 Å². The second kappa shape index (κ2) is 8.24. The molecule has 1 aromatic heterocycles. The molecule has 1 saturated heterocycles. The fourth-order valence-electron chi connectivity index (χ4n) is 3.86. The zero-order valence-corrected chi connectivity index (χ0v) is 15.1. The van der Waals surface area contributed by atoms with E-state index in [9.17, 15) is 4.79 Å². The lowest BCUT2D eigenvalue weighted by Crippen LogP contribution is -2.30. The van der Waals surface area contributed by atoms with Crippen molar-refractivity contribution in [3.8, 4) is 0 Å². The summed E-state index contributed by atoms with van der Waals surface area (Å²) in [5, 5.41) is 0. The highest BCUT2D eigenvalue weighted by atomic mass is 16.2. The van der Waals surface area contributed by atoms with Gasteiger partial charge in [-0.05, 0) is 36.2 Å². The Morgan fingerprint density at radius 1 is 1.24 bits per heavy atom. The number of aromatic nitrogens is 2. The van der Waals surface area contributed by atoms with Gasteiger partial charge in [-0.2, -0.15) is 0 Å². The summed E-state index contributed by atoms with van der Waals surface area (Å²) >= 11 is 0. The average Bonchev–Trinajstić information content (AvgIpc) is 3.02. The van der Waals surface area contributed by atoms with Crippen molar-refractivity contribution in [3.63, 3.8) is 0 Å². The van der Waals surface area contributed by atoms with Crippen LogP contribution in [0.1, 0.15) is 43.9 Å². The molecule has 1 aliphatic rings. The molecule has 1 aromatic carbocycles. The van der Waals surface area contributed by atoms with E-state index in [-0.39, 0.29) is 5.91 Å². The minimum absolute atomic E-state index is 0.169. The highest BCUT2D eigenvalue weighted by molar-refractivity contribution is 5.78. The van der Waals surface area contributed by atoms with Crippen molar-refractivity contribution < 1.29 is 4.79 Å². The zero-order valence-electron chi connectivity index (χ0n) is 15.1. The number of amides is 1. The number of carbonyl (C=O) groups excluding carboxylic acids is 1. The van der Waals surface area contributed by atoms with Crippen LogP contribution in [-0.2, 0) is 11.2 Å². The largest absolute Gasteiger partial charge is 0.342 e. The van der Waals surface area contributed by atoms with Crippen LogP contribution in [0.5, 0.6) is 0 Å². The van der Waals surface area contributed by atoms with Crippen LogP contribution < -0.4 is 0 Å². The summed E-state index contributed by atoms with van der Waals surface area (Å²) in [6.07, 6.45) is 7.60. The molecule has 3 atom stereocenters. The standard InChI is InChI=1S/C21H27N3O/c1-3-17(18-7-5-4-6-8-18)11-19-15-24(14-16(19)2)21(25)12-20-13-22-9-10-23-20/h4-10,13,16-17,19H,3,11-12,14-15H2,1-2H3/t16-,17?,19+/m0/s1. The first-order valence-corrected chi connectivity index (χ1v) is 9.25. The maximum Gasteiger partial charge on any atom is 0.228 e. The Morgan fingerprint density at radius 2 is 2.04 bits per heavy atom. The second-order valence-electron chi connectivity index (χ2n) is 7.16. The maximum absolute atomic E-state index is 12.6. The van der Waals surface area contributed by atoms with E-state index in [1.54, 1.807) is 18.6 Å². The molecule has 2 aromatic rings. The smallest absolute Gasteiger partial charge is 0.228 e. The van der Waals surface area contributed by atoms with Crippen molar-refractivity contribution in [2.75, 3.05) is 13.1 Å². The van der Waals surface area contributed by atoms with Crippen LogP contribution in [0.2, 0.25) is 0 Å². The molecule has 132 valence electrons. The molecule has 1 amide bonds. The van der Waals surface area contributed by atoms with Gasteiger partial charge in [-0.25, -0.2) is 0 Å². The van der Waals surface area contributed by atoms with Gasteiger partial charge in [0.25, 0.3) is 0 Å². The van der Waals surface area contributed by atoms with E-state index in [2.05, 4.69) is 54.1 Å². The Bertz CT molecular complexity index is 674. The lowest BCUT2D eigenvalue weighted by Gasteiger charge is -2.22. The number of hydrogen-bond donors (Lipinski definition) is 0. The summed E-state index contributed by atoms with van der Waals surface area (Å²) in [5.74, 6) is 1.85.